The van der Waals surface area contributed by atoms with Gasteiger partial charge in [-0.3, -0.25) is 0 Å². The van der Waals surface area contributed by atoms with Crippen molar-refractivity contribution in [1.82, 2.24) is 0 Å². The molecule has 0 radical (unpaired) electrons. The van der Waals surface area contributed by atoms with Crippen molar-refractivity contribution in [3.8, 4) is 0 Å². The van der Waals surface area contributed by atoms with E-state index in [-0.39, 0.29) is 0 Å². The highest BCUT2D eigenvalue weighted by Gasteiger charge is 2.24. The second-order valence-electron chi connectivity index (χ2n) is 4.56. The minimum Gasteiger partial charge on any atom is -0.122 e. The van der Waals surface area contributed by atoms with Crippen molar-refractivity contribution in [2.24, 2.45) is 5.92 Å². The van der Waals surface area contributed by atoms with Crippen LogP contribution in [0, 0.1) is 5.92 Å². The van der Waals surface area contributed by atoms with Gasteiger partial charge in [0, 0.05) is 5.88 Å². The molecule has 1 aromatic carbocycles. The van der Waals surface area contributed by atoms with Gasteiger partial charge >= 0.3 is 0 Å². The van der Waals surface area contributed by atoms with Gasteiger partial charge in [-0.25, -0.2) is 0 Å². The molecule has 1 aromatic rings. The van der Waals surface area contributed by atoms with Crippen molar-refractivity contribution in [2.75, 3.05) is 0 Å². The topological polar surface area (TPSA) is 0 Å². The van der Waals surface area contributed by atoms with E-state index in [0.29, 0.717) is 5.88 Å². The Balaban J connectivity index is 2.37. The van der Waals surface area contributed by atoms with E-state index in [9.17, 15) is 0 Å². The molecule has 1 aliphatic carbocycles. The second kappa shape index (κ2) is 3.94. The summed E-state index contributed by atoms with van der Waals surface area (Å²) >= 11 is 5.86. The zero-order valence-electron chi connectivity index (χ0n) is 8.89. The molecule has 0 saturated carbocycles. The summed E-state index contributed by atoms with van der Waals surface area (Å²) in [4.78, 5) is 0. The van der Waals surface area contributed by atoms with Gasteiger partial charge in [0.05, 0.1) is 0 Å². The fourth-order valence-electron chi connectivity index (χ4n) is 2.46. The Bertz CT molecular complexity index is 328. The minimum atomic E-state index is 0.637. The van der Waals surface area contributed by atoms with E-state index in [1.54, 1.807) is 5.56 Å². The van der Waals surface area contributed by atoms with Gasteiger partial charge < -0.3 is 0 Å². The molecule has 1 atom stereocenters. The van der Waals surface area contributed by atoms with Gasteiger partial charge in [-0.1, -0.05) is 32.0 Å². The highest BCUT2D eigenvalue weighted by molar-refractivity contribution is 6.17. The highest BCUT2D eigenvalue weighted by atomic mass is 35.5. The molecule has 0 aliphatic heterocycles. The summed E-state index contributed by atoms with van der Waals surface area (Å²) in [6.07, 6.45) is 2.57. The first-order valence-corrected chi connectivity index (χ1v) is 5.93. The molecule has 2 rings (SSSR count). The van der Waals surface area contributed by atoms with Crippen LogP contribution < -0.4 is 0 Å². The zero-order chi connectivity index (χ0) is 10.1. The molecule has 76 valence electrons. The van der Waals surface area contributed by atoms with E-state index >= 15 is 0 Å². The predicted molar refractivity (Wildman–Crippen MR) is 61.9 cm³/mol. The Labute approximate surface area is 91.3 Å². The first kappa shape index (κ1) is 10.0. The first-order chi connectivity index (χ1) is 6.72. The van der Waals surface area contributed by atoms with E-state index in [0.717, 1.165) is 11.8 Å². The second-order valence-corrected chi connectivity index (χ2v) is 4.82. The van der Waals surface area contributed by atoms with Crippen LogP contribution in [0.4, 0.5) is 0 Å². The van der Waals surface area contributed by atoms with Gasteiger partial charge in [0.2, 0.25) is 0 Å². The average Bonchev–Trinajstić information content (AvgIpc) is 2.59. The molecule has 0 amide bonds. The third-order valence-electron chi connectivity index (χ3n) is 3.29. The molecule has 0 fully saturated rings. The molecule has 1 aliphatic rings. The number of hydrogen-bond acceptors (Lipinski definition) is 0. The lowest BCUT2D eigenvalue weighted by Crippen LogP contribution is -2.02. The summed E-state index contributed by atoms with van der Waals surface area (Å²) in [5, 5.41) is 0. The predicted octanol–water partition coefficient (Wildman–Crippen LogP) is 4.11. The van der Waals surface area contributed by atoms with Crippen LogP contribution in [-0.4, -0.2) is 0 Å². The van der Waals surface area contributed by atoms with E-state index in [4.69, 9.17) is 11.6 Å². The Morgan fingerprint density at radius 2 is 2.21 bits per heavy atom. The Hall–Kier alpha value is -0.490. The van der Waals surface area contributed by atoms with Crippen LogP contribution in [0.5, 0.6) is 0 Å². The van der Waals surface area contributed by atoms with E-state index in [1.165, 1.54) is 24.0 Å². The number of benzene rings is 1. The van der Waals surface area contributed by atoms with Crippen molar-refractivity contribution >= 4 is 11.6 Å². The standard InChI is InChI=1S/C13H17Cl/c1-9(2)12-6-5-11-4-3-10(8-14)7-13(11)12/h3-4,7,9,12H,5-6,8H2,1-2H3. The molecular weight excluding hydrogens is 192 g/mol. The molecule has 0 saturated heterocycles. The third-order valence-corrected chi connectivity index (χ3v) is 3.60. The van der Waals surface area contributed by atoms with Crippen LogP contribution in [0.3, 0.4) is 0 Å². The highest BCUT2D eigenvalue weighted by Crippen LogP contribution is 2.38. The van der Waals surface area contributed by atoms with Gasteiger partial charge in [0.25, 0.3) is 0 Å². The number of halogens is 1. The van der Waals surface area contributed by atoms with Crippen LogP contribution in [0.15, 0.2) is 18.2 Å². The monoisotopic (exact) mass is 208 g/mol. The Morgan fingerprint density at radius 3 is 2.86 bits per heavy atom. The van der Waals surface area contributed by atoms with Crippen molar-refractivity contribution in [2.45, 2.75) is 38.5 Å². The van der Waals surface area contributed by atoms with E-state index in [2.05, 4.69) is 32.0 Å². The van der Waals surface area contributed by atoms with Crippen molar-refractivity contribution in [3.63, 3.8) is 0 Å². The lowest BCUT2D eigenvalue weighted by Gasteiger charge is -2.16. The summed E-state index contributed by atoms with van der Waals surface area (Å²) in [7, 11) is 0. The van der Waals surface area contributed by atoms with Crippen molar-refractivity contribution in [3.05, 3.63) is 34.9 Å². The maximum atomic E-state index is 5.86. The van der Waals surface area contributed by atoms with Crippen LogP contribution in [0.2, 0.25) is 0 Å². The maximum Gasteiger partial charge on any atom is 0.0474 e. The molecular formula is C13H17Cl. The first-order valence-electron chi connectivity index (χ1n) is 5.40. The molecule has 0 bridgehead atoms. The van der Waals surface area contributed by atoms with Gasteiger partial charge in [-0.05, 0) is 41.4 Å². The average molecular weight is 209 g/mol. The molecule has 0 spiro atoms. The summed E-state index contributed by atoms with van der Waals surface area (Å²) in [5.74, 6) is 2.15. The largest absolute Gasteiger partial charge is 0.122 e. The minimum absolute atomic E-state index is 0.637. The summed E-state index contributed by atoms with van der Waals surface area (Å²) < 4.78 is 0. The zero-order valence-corrected chi connectivity index (χ0v) is 9.64. The van der Waals surface area contributed by atoms with E-state index in [1.807, 2.05) is 0 Å². The lowest BCUT2D eigenvalue weighted by molar-refractivity contribution is 0.495. The normalized spacial score (nSPS) is 20.1. The third kappa shape index (κ3) is 1.68. The van der Waals surface area contributed by atoms with Crippen LogP contribution in [0.25, 0.3) is 0 Å². The van der Waals surface area contributed by atoms with Gasteiger partial charge in [-0.15, -0.1) is 11.6 Å². The van der Waals surface area contributed by atoms with Gasteiger partial charge in [-0.2, -0.15) is 0 Å². The molecule has 0 aromatic heterocycles. The molecule has 0 heterocycles. The lowest BCUT2D eigenvalue weighted by atomic mass is 9.89. The number of alkyl halides is 1. The van der Waals surface area contributed by atoms with Gasteiger partial charge in [0.15, 0.2) is 0 Å². The molecule has 0 N–H and O–H groups in total. The Kier molecular flexibility index (Phi) is 2.83. The number of rotatable bonds is 2. The summed E-state index contributed by atoms with van der Waals surface area (Å²) in [6, 6.07) is 6.73. The fraction of sp³-hybridized carbons (Fsp3) is 0.538. The van der Waals surface area contributed by atoms with Gasteiger partial charge in [0.1, 0.15) is 0 Å². The SMILES string of the molecule is CC(C)C1CCc2ccc(CCl)cc21. The fourth-order valence-corrected chi connectivity index (χ4v) is 2.63. The molecule has 1 unspecified atom stereocenters. The summed E-state index contributed by atoms with van der Waals surface area (Å²) in [6.45, 7) is 4.63. The number of fused-ring (bicyclic) bond motifs is 1. The van der Waals surface area contributed by atoms with Crippen molar-refractivity contribution in [1.29, 1.82) is 0 Å². The van der Waals surface area contributed by atoms with Crippen LogP contribution in [0.1, 0.15) is 42.9 Å². The number of aryl methyl sites for hydroxylation is 1. The maximum absolute atomic E-state index is 5.86. The summed E-state index contributed by atoms with van der Waals surface area (Å²) in [5.41, 5.74) is 4.36. The quantitative estimate of drug-likeness (QED) is 0.642. The Morgan fingerprint density at radius 1 is 1.43 bits per heavy atom. The molecule has 1 heteroatoms. The van der Waals surface area contributed by atoms with E-state index < -0.39 is 0 Å². The molecule has 0 nitrogen and oxygen atoms in total. The van der Waals surface area contributed by atoms with Crippen LogP contribution >= 0.6 is 11.6 Å². The van der Waals surface area contributed by atoms with Crippen LogP contribution in [-0.2, 0) is 12.3 Å². The van der Waals surface area contributed by atoms with Crippen molar-refractivity contribution < 1.29 is 0 Å². The smallest absolute Gasteiger partial charge is 0.0474 e. The molecule has 14 heavy (non-hydrogen) atoms. The number of hydrogen-bond donors (Lipinski definition) is 0.